The molecule has 0 saturated carbocycles. The van der Waals surface area contributed by atoms with E-state index in [0.29, 0.717) is 25.9 Å². The van der Waals surface area contributed by atoms with E-state index in [9.17, 15) is 19.8 Å². The maximum Gasteiger partial charge on any atom is 0.305 e. The van der Waals surface area contributed by atoms with Crippen molar-refractivity contribution in [1.82, 2.24) is 5.32 Å². The summed E-state index contributed by atoms with van der Waals surface area (Å²) in [6.07, 6.45) is 99.6. The van der Waals surface area contributed by atoms with E-state index in [0.717, 1.165) is 51.4 Å². The van der Waals surface area contributed by atoms with E-state index in [1.165, 1.54) is 360 Å². The summed E-state index contributed by atoms with van der Waals surface area (Å²) in [5.74, 6) is -0.0125. The minimum atomic E-state index is -0.661. The van der Waals surface area contributed by atoms with Crippen LogP contribution in [0.1, 0.15) is 444 Å². The topological polar surface area (TPSA) is 95.9 Å². The van der Waals surface area contributed by atoms with Crippen molar-refractivity contribution in [3.8, 4) is 0 Å². The molecule has 3 N–H and O–H groups in total. The van der Waals surface area contributed by atoms with Crippen LogP contribution in [0.2, 0.25) is 0 Å². The van der Waals surface area contributed by atoms with Crippen molar-refractivity contribution in [3.05, 3.63) is 36.5 Å². The van der Waals surface area contributed by atoms with Crippen molar-refractivity contribution in [1.29, 1.82) is 0 Å². The molecule has 0 bridgehead atoms. The van der Waals surface area contributed by atoms with E-state index >= 15 is 0 Å². The van der Waals surface area contributed by atoms with Crippen LogP contribution in [0.25, 0.3) is 0 Å². The minimum Gasteiger partial charge on any atom is -0.466 e. The van der Waals surface area contributed by atoms with Gasteiger partial charge in [-0.3, -0.25) is 9.59 Å². The van der Waals surface area contributed by atoms with Crippen LogP contribution >= 0.6 is 0 Å². The molecule has 1 amide bonds. The fourth-order valence-corrected chi connectivity index (χ4v) is 12.6. The SMILES string of the molecule is CCCCC/C=C\C/C=C\CCCCCCCCCC(=O)OCCCCCCCCCCCCCCCCCCCC/C=C\CCCCCCCCCCCCCCCCCCCC(=O)NC(CO)C(O)CCCCCCCCCCCCCCCC. The van der Waals surface area contributed by atoms with Crippen molar-refractivity contribution in [3.63, 3.8) is 0 Å². The molecule has 2 unspecified atom stereocenters. The van der Waals surface area contributed by atoms with Crippen LogP contribution in [-0.2, 0) is 14.3 Å². The molecule has 0 radical (unpaired) electrons. The van der Waals surface area contributed by atoms with Gasteiger partial charge in [0.15, 0.2) is 0 Å². The number of amides is 1. The third kappa shape index (κ3) is 73.0. The molecule has 6 nitrogen and oxygen atoms in total. The molecule has 0 aliphatic carbocycles. The van der Waals surface area contributed by atoms with Gasteiger partial charge in [0.2, 0.25) is 5.91 Å². The predicted molar refractivity (Wildman–Crippen MR) is 384 cm³/mol. The zero-order valence-electron chi connectivity index (χ0n) is 59.0. The summed E-state index contributed by atoms with van der Waals surface area (Å²) in [6, 6.07) is -0.538. The van der Waals surface area contributed by atoms with E-state index in [-0.39, 0.29) is 18.5 Å². The van der Waals surface area contributed by atoms with Crippen LogP contribution in [0.5, 0.6) is 0 Å². The van der Waals surface area contributed by atoms with Crippen molar-refractivity contribution >= 4 is 11.9 Å². The first-order valence-electron chi connectivity index (χ1n) is 39.7. The zero-order chi connectivity index (χ0) is 62.8. The molecule has 0 aliphatic heterocycles. The van der Waals surface area contributed by atoms with E-state index in [1.807, 2.05) is 0 Å². The Labute approximate surface area is 544 Å². The van der Waals surface area contributed by atoms with Crippen molar-refractivity contribution in [2.24, 2.45) is 0 Å². The molecule has 0 heterocycles. The number of nitrogens with one attached hydrogen (secondary N) is 1. The lowest BCUT2D eigenvalue weighted by atomic mass is 10.0. The maximum atomic E-state index is 12.5. The molecule has 0 aromatic rings. The Morgan fingerprint density at radius 3 is 0.908 bits per heavy atom. The Hall–Kier alpha value is -1.92. The largest absolute Gasteiger partial charge is 0.466 e. The molecule has 0 aromatic heterocycles. The van der Waals surface area contributed by atoms with Gasteiger partial charge in [-0.1, -0.05) is 384 Å². The van der Waals surface area contributed by atoms with Gasteiger partial charge in [-0.05, 0) is 83.5 Å². The highest BCUT2D eigenvalue weighted by molar-refractivity contribution is 5.76. The van der Waals surface area contributed by atoms with Gasteiger partial charge in [-0.2, -0.15) is 0 Å². The quantitative estimate of drug-likeness (QED) is 0.0320. The smallest absolute Gasteiger partial charge is 0.305 e. The number of ether oxygens (including phenoxy) is 1. The lowest BCUT2D eigenvalue weighted by Gasteiger charge is -2.22. The average molecular weight is 1220 g/mol. The number of aliphatic hydroxyl groups excluding tert-OH is 2. The second kappa shape index (κ2) is 76.5. The Balaban J connectivity index is 3.31. The number of allylic oxidation sites excluding steroid dienone is 6. The third-order valence-corrected chi connectivity index (χ3v) is 18.7. The fraction of sp³-hybridized carbons (Fsp3) is 0.901. The molecule has 0 rings (SSSR count). The van der Waals surface area contributed by atoms with Gasteiger partial charge in [0.05, 0.1) is 25.4 Å². The van der Waals surface area contributed by atoms with Crippen LogP contribution in [-0.4, -0.2) is 47.4 Å². The first-order valence-corrected chi connectivity index (χ1v) is 39.7. The number of esters is 1. The molecule has 0 fully saturated rings. The van der Waals surface area contributed by atoms with Crippen LogP contribution in [0.4, 0.5) is 0 Å². The number of aliphatic hydroxyl groups is 2. The van der Waals surface area contributed by atoms with Gasteiger partial charge in [-0.15, -0.1) is 0 Å². The summed E-state index contributed by atoms with van der Waals surface area (Å²) in [7, 11) is 0. The summed E-state index contributed by atoms with van der Waals surface area (Å²) in [6.45, 7) is 4.96. The molecule has 0 aliphatic rings. The number of hydrogen-bond acceptors (Lipinski definition) is 5. The molecule has 2 atom stereocenters. The van der Waals surface area contributed by atoms with Crippen LogP contribution in [0.3, 0.4) is 0 Å². The lowest BCUT2D eigenvalue weighted by Crippen LogP contribution is -2.45. The summed E-state index contributed by atoms with van der Waals surface area (Å²) in [5, 5.41) is 23.3. The number of hydrogen-bond donors (Lipinski definition) is 3. The molecule has 0 aromatic carbocycles. The Morgan fingerprint density at radius 2 is 0.575 bits per heavy atom. The summed E-state index contributed by atoms with van der Waals surface area (Å²) in [5.41, 5.74) is 0. The highest BCUT2D eigenvalue weighted by atomic mass is 16.5. The number of rotatable bonds is 75. The Bertz CT molecular complexity index is 1410. The minimum absolute atomic E-state index is 0.0152. The zero-order valence-corrected chi connectivity index (χ0v) is 59.0. The van der Waals surface area contributed by atoms with E-state index in [2.05, 4.69) is 55.6 Å². The van der Waals surface area contributed by atoms with Crippen molar-refractivity contribution in [2.75, 3.05) is 13.2 Å². The van der Waals surface area contributed by atoms with Gasteiger partial charge < -0.3 is 20.3 Å². The number of carbonyl (C=O) groups is 2. The number of unbranched alkanes of at least 4 members (excludes halogenated alkanes) is 58. The second-order valence-corrected chi connectivity index (χ2v) is 27.4. The first-order chi connectivity index (χ1) is 43.0. The predicted octanol–water partition coefficient (Wildman–Crippen LogP) is 26.2. The van der Waals surface area contributed by atoms with Gasteiger partial charge in [0, 0.05) is 12.8 Å². The van der Waals surface area contributed by atoms with Crippen LogP contribution in [0, 0.1) is 0 Å². The summed E-state index contributed by atoms with van der Waals surface area (Å²) < 4.78 is 5.51. The molecule has 87 heavy (non-hydrogen) atoms. The Morgan fingerprint density at radius 1 is 0.322 bits per heavy atom. The van der Waals surface area contributed by atoms with Crippen molar-refractivity contribution in [2.45, 2.75) is 456 Å². The summed E-state index contributed by atoms with van der Waals surface area (Å²) >= 11 is 0. The monoisotopic (exact) mass is 1220 g/mol. The first kappa shape index (κ1) is 85.1. The van der Waals surface area contributed by atoms with Crippen LogP contribution < -0.4 is 5.32 Å². The maximum absolute atomic E-state index is 12.5. The van der Waals surface area contributed by atoms with Gasteiger partial charge in [-0.25, -0.2) is 0 Å². The number of carbonyl (C=O) groups excluding carboxylic acids is 2. The van der Waals surface area contributed by atoms with Gasteiger partial charge in [0.1, 0.15) is 0 Å². The van der Waals surface area contributed by atoms with Crippen LogP contribution in [0.15, 0.2) is 36.5 Å². The average Bonchev–Trinajstić information content (AvgIpc) is 3.53. The lowest BCUT2D eigenvalue weighted by molar-refractivity contribution is -0.143. The molecule has 0 spiro atoms. The molecular weight excluding hydrogens is 1070 g/mol. The molecular formula is C81H155NO5. The third-order valence-electron chi connectivity index (χ3n) is 18.7. The van der Waals surface area contributed by atoms with Crippen molar-refractivity contribution < 1.29 is 24.5 Å². The normalized spacial score (nSPS) is 12.6. The van der Waals surface area contributed by atoms with E-state index < -0.39 is 12.1 Å². The van der Waals surface area contributed by atoms with Gasteiger partial charge >= 0.3 is 5.97 Å². The van der Waals surface area contributed by atoms with Gasteiger partial charge in [0.25, 0.3) is 0 Å². The molecule has 514 valence electrons. The second-order valence-electron chi connectivity index (χ2n) is 27.4. The Kier molecular flexibility index (Phi) is 74.8. The highest BCUT2D eigenvalue weighted by Gasteiger charge is 2.20. The fourth-order valence-electron chi connectivity index (χ4n) is 12.6. The molecule has 6 heteroatoms. The standard InChI is InChI=1S/C81H155NO5/c1-3-5-7-9-11-13-15-17-19-43-47-51-55-59-63-67-71-75-81(86)87-76-72-68-64-60-56-52-48-45-42-40-38-36-34-32-30-28-26-24-22-20-21-23-25-27-29-31-33-35-37-39-41-44-46-50-54-58-62-66-70-74-80(85)82-78(77-83)79(84)73-69-65-61-57-53-49-18-16-14-12-10-8-6-4-2/h11,13,17,19-21,78-79,83-84H,3-10,12,14-16,18,22-77H2,1-2H3,(H,82,85)/b13-11-,19-17-,21-20-. The van der Waals surface area contributed by atoms with E-state index in [1.54, 1.807) is 0 Å². The summed E-state index contributed by atoms with van der Waals surface area (Å²) in [4.78, 5) is 24.6. The van der Waals surface area contributed by atoms with E-state index in [4.69, 9.17) is 4.74 Å². The molecule has 0 saturated heterocycles. The highest BCUT2D eigenvalue weighted by Crippen LogP contribution is 2.20.